The molecule has 1 aromatic carbocycles. The molecule has 4 nitrogen and oxygen atoms in total. The highest BCUT2D eigenvalue weighted by molar-refractivity contribution is 6.32. The van der Waals surface area contributed by atoms with E-state index in [1.165, 1.54) is 11.1 Å². The number of halogens is 1. The molecule has 1 aromatic heterocycles. The van der Waals surface area contributed by atoms with Crippen LogP contribution in [-0.2, 0) is 7.05 Å². The average Bonchev–Trinajstić information content (AvgIpc) is 2.57. The van der Waals surface area contributed by atoms with Crippen molar-refractivity contribution in [2.24, 2.45) is 7.05 Å². The molecule has 0 aliphatic heterocycles. The first-order chi connectivity index (χ1) is 8.45. The number of rotatable bonds is 2. The lowest BCUT2D eigenvalue weighted by Gasteiger charge is -2.12. The Hall–Kier alpha value is -1.68. The zero-order chi connectivity index (χ0) is 13.4. The number of nitrogens with two attached hydrogens (primary N) is 1. The Balaban J connectivity index is 2.74. The van der Waals surface area contributed by atoms with Crippen LogP contribution < -0.4 is 10.5 Å². The molecule has 2 aromatic rings. The van der Waals surface area contributed by atoms with E-state index in [2.05, 4.69) is 4.98 Å². The topological polar surface area (TPSA) is 53.1 Å². The molecule has 0 atom stereocenters. The Kier molecular flexibility index (Phi) is 3.22. The number of methoxy groups -OCH3 is 1. The maximum absolute atomic E-state index is 6.14. The minimum absolute atomic E-state index is 0.385. The second-order valence-electron chi connectivity index (χ2n) is 4.31. The smallest absolute Gasteiger partial charge is 0.201 e. The number of imidazole rings is 1. The minimum atomic E-state index is 0.385. The van der Waals surface area contributed by atoms with Crippen molar-refractivity contribution in [2.75, 3.05) is 12.8 Å². The molecule has 0 saturated carbocycles. The SMILES string of the molecule is COc1cc(C)c(C)cc1-c1c(Cl)nc(N)n1C. The van der Waals surface area contributed by atoms with Gasteiger partial charge in [0.05, 0.1) is 12.8 Å². The summed E-state index contributed by atoms with van der Waals surface area (Å²) in [6.45, 7) is 4.09. The number of nitrogen functional groups attached to an aromatic ring is 1. The molecular formula is C13H16ClN3O. The molecule has 2 N–H and O–H groups in total. The lowest BCUT2D eigenvalue weighted by atomic mass is 10.0. The van der Waals surface area contributed by atoms with Gasteiger partial charge in [-0.1, -0.05) is 11.6 Å². The van der Waals surface area contributed by atoms with Gasteiger partial charge in [0.15, 0.2) is 5.15 Å². The normalized spacial score (nSPS) is 10.7. The first-order valence-electron chi connectivity index (χ1n) is 5.59. The van der Waals surface area contributed by atoms with E-state index in [-0.39, 0.29) is 0 Å². The summed E-state index contributed by atoms with van der Waals surface area (Å²) in [5, 5.41) is 0.386. The highest BCUT2D eigenvalue weighted by Crippen LogP contribution is 2.37. The Morgan fingerprint density at radius 3 is 2.39 bits per heavy atom. The number of nitrogens with zero attached hydrogens (tertiary/aromatic N) is 2. The molecule has 0 aliphatic rings. The molecule has 18 heavy (non-hydrogen) atoms. The summed E-state index contributed by atoms with van der Waals surface area (Å²) in [6, 6.07) is 4.03. The third-order valence-corrected chi connectivity index (χ3v) is 3.42. The molecule has 1 heterocycles. The average molecular weight is 266 g/mol. The van der Waals surface area contributed by atoms with Crippen LogP contribution in [-0.4, -0.2) is 16.7 Å². The Morgan fingerprint density at radius 2 is 1.89 bits per heavy atom. The second kappa shape index (κ2) is 4.53. The summed E-state index contributed by atoms with van der Waals surface area (Å²) in [7, 11) is 3.47. The third kappa shape index (κ3) is 1.93. The number of anilines is 1. The van der Waals surface area contributed by atoms with Crippen molar-refractivity contribution in [3.8, 4) is 17.0 Å². The van der Waals surface area contributed by atoms with Gasteiger partial charge in [0.2, 0.25) is 5.95 Å². The zero-order valence-electron chi connectivity index (χ0n) is 10.9. The van der Waals surface area contributed by atoms with Gasteiger partial charge in [-0.3, -0.25) is 0 Å². The molecule has 0 amide bonds. The Bertz CT molecular complexity index is 605. The van der Waals surface area contributed by atoms with Crippen LogP contribution in [0.4, 0.5) is 5.95 Å². The van der Waals surface area contributed by atoms with E-state index in [4.69, 9.17) is 22.1 Å². The molecule has 5 heteroatoms. The molecule has 0 radical (unpaired) electrons. The summed E-state index contributed by atoms with van der Waals surface area (Å²) in [5.41, 5.74) is 9.77. The predicted molar refractivity (Wildman–Crippen MR) is 74.1 cm³/mol. The highest BCUT2D eigenvalue weighted by Gasteiger charge is 2.17. The first-order valence-corrected chi connectivity index (χ1v) is 5.96. The maximum Gasteiger partial charge on any atom is 0.201 e. The standard InChI is InChI=1S/C13H16ClN3O/c1-7-5-9(10(18-4)6-8(7)2)11-12(14)16-13(15)17(11)3/h5-6H,1-4H3,(H2,15,16). The number of benzene rings is 1. The van der Waals surface area contributed by atoms with Crippen LogP contribution in [0.2, 0.25) is 5.15 Å². The molecule has 0 fully saturated rings. The summed E-state index contributed by atoms with van der Waals surface area (Å²) in [5.74, 6) is 1.15. The predicted octanol–water partition coefficient (Wildman–Crippen LogP) is 2.95. The lowest BCUT2D eigenvalue weighted by molar-refractivity contribution is 0.415. The van der Waals surface area contributed by atoms with Gasteiger partial charge in [0.1, 0.15) is 5.75 Å². The van der Waals surface area contributed by atoms with Gasteiger partial charge < -0.3 is 15.0 Å². The van der Waals surface area contributed by atoms with E-state index in [9.17, 15) is 0 Å². The monoisotopic (exact) mass is 265 g/mol. The van der Waals surface area contributed by atoms with Crippen molar-refractivity contribution in [3.05, 3.63) is 28.4 Å². The Morgan fingerprint density at radius 1 is 1.28 bits per heavy atom. The second-order valence-corrected chi connectivity index (χ2v) is 4.66. The van der Waals surface area contributed by atoms with Crippen molar-refractivity contribution in [1.82, 2.24) is 9.55 Å². The van der Waals surface area contributed by atoms with Gasteiger partial charge in [0, 0.05) is 12.6 Å². The fraction of sp³-hybridized carbons (Fsp3) is 0.308. The summed E-state index contributed by atoms with van der Waals surface area (Å²) in [4.78, 5) is 4.07. The van der Waals surface area contributed by atoms with Crippen molar-refractivity contribution >= 4 is 17.5 Å². The largest absolute Gasteiger partial charge is 0.496 e. The summed E-state index contributed by atoms with van der Waals surface area (Å²) >= 11 is 6.14. The van der Waals surface area contributed by atoms with Gasteiger partial charge in [-0.25, -0.2) is 4.98 Å². The van der Waals surface area contributed by atoms with Gasteiger partial charge in [-0.15, -0.1) is 0 Å². The zero-order valence-corrected chi connectivity index (χ0v) is 11.7. The number of hydrogen-bond donors (Lipinski definition) is 1. The van der Waals surface area contributed by atoms with E-state index >= 15 is 0 Å². The van der Waals surface area contributed by atoms with E-state index in [1.54, 1.807) is 11.7 Å². The lowest BCUT2D eigenvalue weighted by Crippen LogP contribution is -2.00. The van der Waals surface area contributed by atoms with E-state index in [0.717, 1.165) is 17.0 Å². The van der Waals surface area contributed by atoms with Crippen LogP contribution >= 0.6 is 11.6 Å². The Labute approximate surface area is 111 Å². The fourth-order valence-electron chi connectivity index (χ4n) is 1.92. The third-order valence-electron chi connectivity index (χ3n) is 3.16. The molecular weight excluding hydrogens is 250 g/mol. The van der Waals surface area contributed by atoms with Crippen LogP contribution in [0.3, 0.4) is 0 Å². The summed E-state index contributed by atoms with van der Waals surface area (Å²) < 4.78 is 7.17. The van der Waals surface area contributed by atoms with Crippen molar-refractivity contribution in [3.63, 3.8) is 0 Å². The van der Waals surface area contributed by atoms with Crippen LogP contribution in [0.5, 0.6) is 5.75 Å². The molecule has 0 bridgehead atoms. The van der Waals surface area contributed by atoms with Gasteiger partial charge >= 0.3 is 0 Å². The first kappa shape index (κ1) is 12.8. The molecule has 0 spiro atoms. The molecule has 2 rings (SSSR count). The van der Waals surface area contributed by atoms with Crippen molar-refractivity contribution in [1.29, 1.82) is 0 Å². The maximum atomic E-state index is 6.14. The van der Waals surface area contributed by atoms with Crippen molar-refractivity contribution < 1.29 is 4.74 Å². The van der Waals surface area contributed by atoms with Gasteiger partial charge in [0.25, 0.3) is 0 Å². The van der Waals surface area contributed by atoms with Crippen LogP contribution in [0.15, 0.2) is 12.1 Å². The van der Waals surface area contributed by atoms with E-state index in [1.807, 2.05) is 33.0 Å². The quantitative estimate of drug-likeness (QED) is 0.908. The fourth-order valence-corrected chi connectivity index (χ4v) is 2.23. The van der Waals surface area contributed by atoms with E-state index < -0.39 is 0 Å². The van der Waals surface area contributed by atoms with Gasteiger partial charge in [-0.2, -0.15) is 0 Å². The van der Waals surface area contributed by atoms with E-state index in [0.29, 0.717) is 11.1 Å². The highest BCUT2D eigenvalue weighted by atomic mass is 35.5. The number of hydrogen-bond acceptors (Lipinski definition) is 3. The number of aryl methyl sites for hydroxylation is 2. The van der Waals surface area contributed by atoms with Crippen LogP contribution in [0.1, 0.15) is 11.1 Å². The molecule has 0 aliphatic carbocycles. The van der Waals surface area contributed by atoms with Crippen LogP contribution in [0, 0.1) is 13.8 Å². The number of ether oxygens (including phenoxy) is 1. The molecule has 96 valence electrons. The molecule has 0 unspecified atom stereocenters. The summed E-state index contributed by atoms with van der Waals surface area (Å²) in [6.07, 6.45) is 0. The minimum Gasteiger partial charge on any atom is -0.496 e. The number of aromatic nitrogens is 2. The molecule has 0 saturated heterocycles. The van der Waals surface area contributed by atoms with Crippen molar-refractivity contribution in [2.45, 2.75) is 13.8 Å². The van der Waals surface area contributed by atoms with Crippen LogP contribution in [0.25, 0.3) is 11.3 Å². The van der Waals surface area contributed by atoms with Gasteiger partial charge in [-0.05, 0) is 37.1 Å².